The summed E-state index contributed by atoms with van der Waals surface area (Å²) in [6.45, 7) is 7.57. The predicted molar refractivity (Wildman–Crippen MR) is 120 cm³/mol. The van der Waals surface area contributed by atoms with Crippen molar-refractivity contribution in [1.29, 1.82) is 0 Å². The van der Waals surface area contributed by atoms with Gasteiger partial charge in [0.2, 0.25) is 0 Å². The van der Waals surface area contributed by atoms with Crippen LogP contribution in [-0.4, -0.2) is 17.8 Å². The zero-order valence-corrected chi connectivity index (χ0v) is 18.5. The Morgan fingerprint density at radius 3 is 2.63 bits per heavy atom. The maximum atomic E-state index is 5.58. The van der Waals surface area contributed by atoms with E-state index in [-0.39, 0.29) is 12.4 Å². The lowest BCUT2D eigenvalue weighted by Crippen LogP contribution is -3.00. The molecule has 0 amide bonds. The zero-order valence-electron chi connectivity index (χ0n) is 17.8. The van der Waals surface area contributed by atoms with Gasteiger partial charge in [-0.3, -0.25) is 5.32 Å². The number of nitrogens with one attached hydrogen (secondary N) is 1. The molecule has 0 unspecified atom stereocenters. The molecule has 3 heterocycles. The van der Waals surface area contributed by atoms with E-state index in [1.165, 1.54) is 29.9 Å². The monoisotopic (exact) mass is 425 g/mol. The fourth-order valence-corrected chi connectivity index (χ4v) is 3.53. The smallest absolute Gasteiger partial charge is 0.146 e. The Balaban J connectivity index is 0.00000320. The molecule has 0 saturated carbocycles. The highest BCUT2D eigenvalue weighted by Gasteiger charge is 2.20. The van der Waals surface area contributed by atoms with Gasteiger partial charge in [0.25, 0.3) is 0 Å². The molecule has 1 aromatic heterocycles. The summed E-state index contributed by atoms with van der Waals surface area (Å²) >= 11 is 0. The number of allylic oxidation sites excluding steroid dienone is 7. The molecule has 0 spiro atoms. The van der Waals surface area contributed by atoms with Gasteiger partial charge in [-0.1, -0.05) is 12.2 Å². The third-order valence-electron chi connectivity index (χ3n) is 5.13. The van der Waals surface area contributed by atoms with Crippen LogP contribution in [0.3, 0.4) is 0 Å². The lowest BCUT2D eigenvalue weighted by atomic mass is 10.1. The van der Waals surface area contributed by atoms with Crippen LogP contribution < -0.4 is 17.7 Å². The number of unbranched alkanes of at least 4 members (excludes halogenated alkanes) is 3. The first-order valence-electron chi connectivity index (χ1n) is 10.5. The van der Waals surface area contributed by atoms with Crippen LogP contribution in [0.4, 0.5) is 0 Å². The maximum Gasteiger partial charge on any atom is 0.146 e. The van der Waals surface area contributed by atoms with E-state index < -0.39 is 0 Å². The molecule has 3 rings (SSSR count). The van der Waals surface area contributed by atoms with Crippen molar-refractivity contribution in [1.82, 2.24) is 4.98 Å². The normalized spacial score (nSPS) is 16.5. The third kappa shape index (κ3) is 6.48. The van der Waals surface area contributed by atoms with Gasteiger partial charge in [0.05, 0.1) is 18.5 Å². The molecule has 0 fully saturated rings. The van der Waals surface area contributed by atoms with Crippen LogP contribution in [0.25, 0.3) is 0 Å². The second-order valence-electron chi connectivity index (χ2n) is 7.40. The number of halogens is 1. The fraction of sp³-hybridized carbons (Fsp3) is 0.320. The molecule has 2 aliphatic heterocycles. The number of nitrogens with zero attached hydrogens (tertiary/aromatic N) is 1. The zero-order chi connectivity index (χ0) is 20.5. The van der Waals surface area contributed by atoms with Crippen LogP contribution in [-0.2, 0) is 11.2 Å². The summed E-state index contributed by atoms with van der Waals surface area (Å²) < 4.78 is 5.58. The van der Waals surface area contributed by atoms with Gasteiger partial charge in [-0.25, -0.2) is 4.99 Å². The SMILES string of the molecule is C=CCCCCC1=CC=C(/C=C2\N=C(c3ccc(CCCC=C)[nH]3)C=C2OC)[NH2+]1.[Cl-]. The number of methoxy groups -OCH3 is 1. The highest BCUT2D eigenvalue weighted by atomic mass is 35.5. The molecule has 5 heteroatoms. The number of ether oxygens (including phenoxy) is 1. The van der Waals surface area contributed by atoms with Crippen LogP contribution in [0.15, 0.2) is 89.6 Å². The second kappa shape index (κ2) is 12.2. The summed E-state index contributed by atoms with van der Waals surface area (Å²) in [6, 6.07) is 4.23. The second-order valence-corrected chi connectivity index (χ2v) is 7.40. The molecule has 160 valence electrons. The molecule has 0 aromatic carbocycles. The van der Waals surface area contributed by atoms with Crippen LogP contribution in [0.1, 0.15) is 49.9 Å². The quantitative estimate of drug-likeness (QED) is 0.389. The van der Waals surface area contributed by atoms with Crippen LogP contribution >= 0.6 is 0 Å². The van der Waals surface area contributed by atoms with E-state index in [4.69, 9.17) is 9.73 Å². The molecule has 0 bridgehead atoms. The molecule has 0 saturated heterocycles. The standard InChI is InChI=1S/C25H31N3O.ClH/c1-4-6-8-10-12-19-13-14-21(26-19)17-24-25(29-3)18-23(28-24)22-16-15-20(27-22)11-9-7-5-2;/h4-5,13-18,26-27H,1-2,6-12H2,3H3;1H/b24-17-;. The number of aromatic nitrogens is 1. The molecule has 0 aliphatic carbocycles. The highest BCUT2D eigenvalue weighted by Crippen LogP contribution is 2.24. The number of quaternary nitrogens is 1. The van der Waals surface area contributed by atoms with Crippen LogP contribution in [0.5, 0.6) is 0 Å². The fourth-order valence-electron chi connectivity index (χ4n) is 3.53. The number of nitrogens with two attached hydrogens (primary N) is 1. The van der Waals surface area contributed by atoms with E-state index in [1.807, 2.05) is 18.2 Å². The minimum atomic E-state index is 0. The highest BCUT2D eigenvalue weighted by molar-refractivity contribution is 6.10. The van der Waals surface area contributed by atoms with Crippen molar-refractivity contribution in [3.05, 3.63) is 96.0 Å². The molecule has 0 radical (unpaired) electrons. The van der Waals surface area contributed by atoms with Gasteiger partial charge in [-0.2, -0.15) is 0 Å². The van der Waals surface area contributed by atoms with E-state index in [2.05, 4.69) is 53.8 Å². The average Bonchev–Trinajstić information content (AvgIpc) is 3.46. The first-order chi connectivity index (χ1) is 14.2. The van der Waals surface area contributed by atoms with Crippen molar-refractivity contribution in [2.75, 3.05) is 7.11 Å². The first kappa shape index (κ1) is 23.7. The summed E-state index contributed by atoms with van der Waals surface area (Å²) in [5, 5.41) is 2.24. The number of rotatable bonds is 12. The molecular weight excluding hydrogens is 394 g/mol. The molecule has 3 N–H and O–H groups in total. The molecular formula is C25H32ClN3O. The average molecular weight is 426 g/mol. The minimum absolute atomic E-state index is 0. The van der Waals surface area contributed by atoms with Crippen molar-refractivity contribution >= 4 is 5.71 Å². The first-order valence-corrected chi connectivity index (χ1v) is 10.5. The van der Waals surface area contributed by atoms with Crippen molar-refractivity contribution < 1.29 is 22.5 Å². The Labute approximate surface area is 186 Å². The third-order valence-corrected chi connectivity index (χ3v) is 5.13. The van der Waals surface area contributed by atoms with Crippen LogP contribution in [0, 0.1) is 0 Å². The molecule has 1 aromatic rings. The maximum absolute atomic E-state index is 5.58. The van der Waals surface area contributed by atoms with Gasteiger partial charge in [-0.05, 0) is 50.7 Å². The van der Waals surface area contributed by atoms with Gasteiger partial charge < -0.3 is 22.1 Å². The van der Waals surface area contributed by atoms with Gasteiger partial charge >= 0.3 is 0 Å². The molecule has 2 aliphatic rings. The number of aliphatic imine (C=N–C) groups is 1. The van der Waals surface area contributed by atoms with E-state index in [0.717, 1.165) is 55.0 Å². The predicted octanol–water partition coefficient (Wildman–Crippen LogP) is 1.84. The van der Waals surface area contributed by atoms with Gasteiger partial charge in [-0.15, -0.1) is 13.2 Å². The summed E-state index contributed by atoms with van der Waals surface area (Å²) in [4.78, 5) is 8.29. The number of hydrogen-bond donors (Lipinski definition) is 2. The summed E-state index contributed by atoms with van der Waals surface area (Å²) in [6.07, 6.45) is 20.2. The van der Waals surface area contributed by atoms with Crippen molar-refractivity contribution in [2.45, 2.75) is 44.9 Å². The van der Waals surface area contributed by atoms with Crippen molar-refractivity contribution in [3.63, 3.8) is 0 Å². The number of hydrogen-bond acceptors (Lipinski definition) is 2. The Hall–Kier alpha value is -2.56. The summed E-state index contributed by atoms with van der Waals surface area (Å²) in [5.74, 6) is 0.802. The van der Waals surface area contributed by atoms with E-state index >= 15 is 0 Å². The van der Waals surface area contributed by atoms with E-state index in [1.54, 1.807) is 7.11 Å². The number of H-pyrrole nitrogens is 1. The Kier molecular flexibility index (Phi) is 9.65. The minimum Gasteiger partial charge on any atom is -1.00 e. The van der Waals surface area contributed by atoms with E-state index in [0.29, 0.717) is 0 Å². The Morgan fingerprint density at radius 2 is 1.87 bits per heavy atom. The number of aryl methyl sites for hydroxylation is 1. The lowest BCUT2D eigenvalue weighted by molar-refractivity contribution is -0.548. The largest absolute Gasteiger partial charge is 1.00 e. The Bertz CT molecular complexity index is 899. The molecule has 4 nitrogen and oxygen atoms in total. The summed E-state index contributed by atoms with van der Waals surface area (Å²) in [5.41, 5.74) is 6.59. The van der Waals surface area contributed by atoms with Gasteiger partial charge in [0.15, 0.2) is 0 Å². The summed E-state index contributed by atoms with van der Waals surface area (Å²) in [7, 11) is 1.70. The van der Waals surface area contributed by atoms with Crippen molar-refractivity contribution in [3.8, 4) is 0 Å². The molecule has 30 heavy (non-hydrogen) atoms. The Morgan fingerprint density at radius 1 is 1.07 bits per heavy atom. The lowest BCUT2D eigenvalue weighted by Gasteiger charge is -2.03. The molecule has 0 atom stereocenters. The van der Waals surface area contributed by atoms with Crippen LogP contribution in [0.2, 0.25) is 0 Å². The van der Waals surface area contributed by atoms with Gasteiger partial charge in [0, 0.05) is 36.4 Å². The van der Waals surface area contributed by atoms with Gasteiger partial charge in [0.1, 0.15) is 22.9 Å². The van der Waals surface area contributed by atoms with Crippen molar-refractivity contribution in [2.24, 2.45) is 4.99 Å². The topological polar surface area (TPSA) is 54.0 Å². The number of aromatic amines is 1. The van der Waals surface area contributed by atoms with E-state index in [9.17, 15) is 0 Å².